The molecule has 0 bridgehead atoms. The minimum absolute atomic E-state index is 0.224. The third-order valence-corrected chi connectivity index (χ3v) is 7.94. The highest BCUT2D eigenvalue weighted by Gasteiger charge is 2.51. The monoisotopic (exact) mass is 464 g/mol. The first-order valence-electron chi connectivity index (χ1n) is 12.1. The van der Waals surface area contributed by atoms with Crippen LogP contribution in [0.4, 0.5) is 0 Å². The Morgan fingerprint density at radius 2 is 0.889 bits per heavy atom. The highest BCUT2D eigenvalue weighted by molar-refractivity contribution is 6.02. The van der Waals surface area contributed by atoms with Crippen molar-refractivity contribution in [2.75, 3.05) is 0 Å². The number of phenolic OH excluding ortho intramolecular Hbond substituents is 2. The van der Waals surface area contributed by atoms with Crippen LogP contribution in [0.25, 0.3) is 32.7 Å². The van der Waals surface area contributed by atoms with Crippen LogP contribution in [0.1, 0.15) is 22.3 Å². The van der Waals surface area contributed by atoms with Crippen LogP contribution in [0.2, 0.25) is 0 Å². The van der Waals surface area contributed by atoms with Gasteiger partial charge in [-0.1, -0.05) is 97.1 Å². The molecule has 0 radical (unpaired) electrons. The minimum atomic E-state index is -0.602. The molecule has 0 fully saturated rings. The summed E-state index contributed by atoms with van der Waals surface area (Å²) in [6.07, 6.45) is 0. The quantitative estimate of drug-likeness (QED) is 0.240. The number of aromatic hydroxyl groups is 2. The molecular formula is C33H20O3. The molecular weight excluding hydrogens is 444 g/mol. The Balaban J connectivity index is 1.63. The molecule has 36 heavy (non-hydrogen) atoms. The van der Waals surface area contributed by atoms with Gasteiger partial charge in [0.25, 0.3) is 0 Å². The summed E-state index contributed by atoms with van der Waals surface area (Å²) in [6, 6.07) is 36.5. The predicted molar refractivity (Wildman–Crippen MR) is 142 cm³/mol. The fourth-order valence-corrected chi connectivity index (χ4v) is 6.50. The van der Waals surface area contributed by atoms with Crippen molar-refractivity contribution in [3.8, 4) is 34.1 Å². The van der Waals surface area contributed by atoms with Gasteiger partial charge in [0.2, 0.25) is 0 Å². The lowest BCUT2D eigenvalue weighted by molar-refractivity contribution is 0.445. The lowest BCUT2D eigenvalue weighted by Gasteiger charge is -2.40. The second-order valence-electron chi connectivity index (χ2n) is 9.57. The second kappa shape index (κ2) is 6.67. The molecule has 3 heteroatoms. The van der Waals surface area contributed by atoms with Gasteiger partial charge in [-0.05, 0) is 34.4 Å². The fraction of sp³-hybridized carbons (Fsp3) is 0.0303. The van der Waals surface area contributed by atoms with E-state index in [1.807, 2.05) is 36.4 Å². The predicted octanol–water partition coefficient (Wildman–Crippen LogP) is 7.87. The summed E-state index contributed by atoms with van der Waals surface area (Å²) < 4.78 is 6.81. The van der Waals surface area contributed by atoms with Gasteiger partial charge in [0, 0.05) is 32.7 Å². The summed E-state index contributed by atoms with van der Waals surface area (Å²) in [6.45, 7) is 0. The lowest BCUT2D eigenvalue weighted by Crippen LogP contribution is -2.32. The van der Waals surface area contributed by atoms with Gasteiger partial charge in [-0.15, -0.1) is 0 Å². The van der Waals surface area contributed by atoms with E-state index in [0.717, 1.165) is 44.2 Å². The van der Waals surface area contributed by atoms with E-state index in [1.165, 1.54) is 22.3 Å². The zero-order chi connectivity index (χ0) is 24.0. The Labute approximate surface area is 207 Å². The van der Waals surface area contributed by atoms with Crippen molar-refractivity contribution in [3.63, 3.8) is 0 Å². The van der Waals surface area contributed by atoms with E-state index in [1.54, 1.807) is 12.1 Å². The van der Waals surface area contributed by atoms with E-state index in [4.69, 9.17) is 4.74 Å². The van der Waals surface area contributed by atoms with Gasteiger partial charge in [0.1, 0.15) is 23.0 Å². The van der Waals surface area contributed by atoms with Crippen molar-refractivity contribution < 1.29 is 14.9 Å². The number of hydrogen-bond acceptors (Lipinski definition) is 3. The maximum atomic E-state index is 10.7. The summed E-state index contributed by atoms with van der Waals surface area (Å²) in [5, 5.41) is 24.5. The average Bonchev–Trinajstić information content (AvgIpc) is 3.20. The highest BCUT2D eigenvalue weighted by Crippen LogP contribution is 2.64. The van der Waals surface area contributed by atoms with Gasteiger partial charge in [-0.2, -0.15) is 0 Å². The third-order valence-electron chi connectivity index (χ3n) is 7.94. The van der Waals surface area contributed by atoms with Gasteiger partial charge >= 0.3 is 0 Å². The highest BCUT2D eigenvalue weighted by atomic mass is 16.5. The Hall–Kier alpha value is -4.76. The lowest BCUT2D eigenvalue weighted by atomic mass is 9.65. The van der Waals surface area contributed by atoms with Crippen LogP contribution < -0.4 is 4.74 Å². The summed E-state index contributed by atoms with van der Waals surface area (Å²) in [7, 11) is 0. The molecule has 1 aliphatic carbocycles. The van der Waals surface area contributed by atoms with Crippen molar-refractivity contribution >= 4 is 21.5 Å². The van der Waals surface area contributed by atoms with E-state index >= 15 is 0 Å². The smallest absolute Gasteiger partial charge is 0.140 e. The Morgan fingerprint density at radius 3 is 1.39 bits per heavy atom. The number of benzene rings is 6. The van der Waals surface area contributed by atoms with Crippen molar-refractivity contribution in [1.29, 1.82) is 0 Å². The molecule has 2 N–H and O–H groups in total. The van der Waals surface area contributed by atoms with Gasteiger partial charge in [0.05, 0.1) is 5.41 Å². The zero-order valence-electron chi connectivity index (χ0n) is 19.2. The standard InChI is InChI=1S/C33H20O3/c34-29-13-5-9-23-21(29)15-17-27-31(23)36-32-24-10-6-14-30(35)22(24)16-18-28(32)33(27)25-11-3-1-7-19(25)20-8-2-4-12-26(20)33/h1-18,34-35H. The molecule has 1 spiro atoms. The molecule has 170 valence electrons. The SMILES string of the molecule is Oc1cccc2c3c(ccc12)C1(c2ccccc2-c2ccccc21)c1ccc2c(O)cccc2c1O3. The molecule has 2 aliphatic rings. The molecule has 1 aliphatic heterocycles. The molecule has 6 aromatic carbocycles. The Bertz CT molecular complexity index is 1760. The van der Waals surface area contributed by atoms with Crippen molar-refractivity contribution in [2.45, 2.75) is 5.41 Å². The summed E-state index contributed by atoms with van der Waals surface area (Å²) in [5.41, 5.74) is 6.31. The molecule has 0 aromatic heterocycles. The topological polar surface area (TPSA) is 49.7 Å². The maximum absolute atomic E-state index is 10.7. The van der Waals surface area contributed by atoms with E-state index in [-0.39, 0.29) is 11.5 Å². The molecule has 0 saturated carbocycles. The third kappa shape index (κ3) is 2.19. The van der Waals surface area contributed by atoms with Crippen molar-refractivity contribution in [1.82, 2.24) is 0 Å². The van der Waals surface area contributed by atoms with Crippen LogP contribution >= 0.6 is 0 Å². The maximum Gasteiger partial charge on any atom is 0.140 e. The van der Waals surface area contributed by atoms with E-state index in [2.05, 4.69) is 60.7 Å². The van der Waals surface area contributed by atoms with E-state index in [9.17, 15) is 10.2 Å². The number of phenols is 2. The van der Waals surface area contributed by atoms with Crippen LogP contribution in [-0.2, 0) is 5.41 Å². The van der Waals surface area contributed by atoms with Crippen LogP contribution in [0.3, 0.4) is 0 Å². The van der Waals surface area contributed by atoms with Crippen LogP contribution in [0.5, 0.6) is 23.0 Å². The molecule has 8 rings (SSSR count). The van der Waals surface area contributed by atoms with Crippen molar-refractivity contribution in [2.24, 2.45) is 0 Å². The Kier molecular flexibility index (Phi) is 3.62. The second-order valence-corrected chi connectivity index (χ2v) is 9.57. The molecule has 0 atom stereocenters. The molecule has 0 saturated heterocycles. The number of hydrogen-bond donors (Lipinski definition) is 2. The minimum Gasteiger partial charge on any atom is -0.507 e. The van der Waals surface area contributed by atoms with Gasteiger partial charge in [-0.3, -0.25) is 0 Å². The van der Waals surface area contributed by atoms with Crippen LogP contribution in [0, 0.1) is 0 Å². The Morgan fingerprint density at radius 1 is 0.417 bits per heavy atom. The van der Waals surface area contributed by atoms with Gasteiger partial charge in [0.15, 0.2) is 0 Å². The van der Waals surface area contributed by atoms with E-state index in [0.29, 0.717) is 0 Å². The largest absolute Gasteiger partial charge is 0.507 e. The fourth-order valence-electron chi connectivity index (χ4n) is 6.50. The first-order valence-corrected chi connectivity index (χ1v) is 12.1. The van der Waals surface area contributed by atoms with Crippen LogP contribution in [0.15, 0.2) is 109 Å². The molecule has 6 aromatic rings. The first kappa shape index (κ1) is 19.5. The van der Waals surface area contributed by atoms with E-state index < -0.39 is 5.41 Å². The zero-order valence-corrected chi connectivity index (χ0v) is 19.2. The van der Waals surface area contributed by atoms with Crippen molar-refractivity contribution in [3.05, 3.63) is 131 Å². The molecule has 1 heterocycles. The first-order chi connectivity index (χ1) is 17.7. The summed E-state index contributed by atoms with van der Waals surface area (Å²) in [4.78, 5) is 0. The number of rotatable bonds is 0. The molecule has 3 nitrogen and oxygen atoms in total. The van der Waals surface area contributed by atoms with Crippen LogP contribution in [-0.4, -0.2) is 10.2 Å². The normalized spacial score (nSPS) is 14.2. The number of ether oxygens (including phenoxy) is 1. The molecule has 0 amide bonds. The average molecular weight is 465 g/mol. The van der Waals surface area contributed by atoms with Gasteiger partial charge < -0.3 is 14.9 Å². The summed E-state index contributed by atoms with van der Waals surface area (Å²) >= 11 is 0. The number of fused-ring (bicyclic) bond motifs is 13. The summed E-state index contributed by atoms with van der Waals surface area (Å²) in [5.74, 6) is 1.92. The molecule has 0 unspecified atom stereocenters. The van der Waals surface area contributed by atoms with Gasteiger partial charge in [-0.25, -0.2) is 0 Å².